The van der Waals surface area contributed by atoms with E-state index in [-0.39, 0.29) is 10.6 Å². The quantitative estimate of drug-likeness (QED) is 0.604. The molecule has 1 N–H and O–H groups in total. The van der Waals surface area contributed by atoms with Crippen LogP contribution in [-0.2, 0) is 0 Å². The van der Waals surface area contributed by atoms with Crippen LogP contribution in [0.15, 0.2) is 18.2 Å². The molecule has 5 nitrogen and oxygen atoms in total. The molecule has 1 aliphatic rings. The summed E-state index contributed by atoms with van der Waals surface area (Å²) in [5.74, 6) is 0. The van der Waals surface area contributed by atoms with Gasteiger partial charge in [-0.3, -0.25) is 10.1 Å². The standard InChI is InChI=1S/C11H15N3O2/c1-9-8-10(2-3-11(9)14(15)16)13-6-4-12-5-7-13/h2-3,8,12H,4-7H2,1H3. The van der Waals surface area contributed by atoms with Crippen LogP contribution in [0.5, 0.6) is 0 Å². The van der Waals surface area contributed by atoms with Crippen LogP contribution in [-0.4, -0.2) is 31.1 Å². The van der Waals surface area contributed by atoms with E-state index in [1.165, 1.54) is 0 Å². The molecule has 1 fully saturated rings. The normalized spacial score (nSPS) is 16.2. The van der Waals surface area contributed by atoms with Crippen LogP contribution < -0.4 is 10.2 Å². The van der Waals surface area contributed by atoms with E-state index in [0.717, 1.165) is 37.4 Å². The third-order valence-corrected chi connectivity index (χ3v) is 2.86. The monoisotopic (exact) mass is 221 g/mol. The van der Waals surface area contributed by atoms with Crippen molar-refractivity contribution in [3.8, 4) is 0 Å². The fraction of sp³-hybridized carbons (Fsp3) is 0.455. The number of hydrogen-bond acceptors (Lipinski definition) is 4. The van der Waals surface area contributed by atoms with Crippen molar-refractivity contribution >= 4 is 11.4 Å². The highest BCUT2D eigenvalue weighted by Crippen LogP contribution is 2.24. The minimum atomic E-state index is -0.336. The van der Waals surface area contributed by atoms with Gasteiger partial charge in [0.15, 0.2) is 0 Å². The second-order valence-electron chi connectivity index (χ2n) is 3.96. The zero-order chi connectivity index (χ0) is 11.5. The van der Waals surface area contributed by atoms with Gasteiger partial charge in [-0.1, -0.05) is 0 Å². The molecule has 0 spiro atoms. The lowest BCUT2D eigenvalue weighted by molar-refractivity contribution is -0.385. The van der Waals surface area contributed by atoms with E-state index in [9.17, 15) is 10.1 Å². The van der Waals surface area contributed by atoms with E-state index in [1.54, 1.807) is 13.0 Å². The molecule has 5 heteroatoms. The molecule has 0 radical (unpaired) electrons. The number of benzene rings is 1. The highest BCUT2D eigenvalue weighted by atomic mass is 16.6. The Morgan fingerprint density at radius 1 is 1.38 bits per heavy atom. The van der Waals surface area contributed by atoms with Crippen molar-refractivity contribution in [2.75, 3.05) is 31.1 Å². The van der Waals surface area contributed by atoms with Gasteiger partial charge in [0.2, 0.25) is 0 Å². The van der Waals surface area contributed by atoms with E-state index in [0.29, 0.717) is 0 Å². The molecule has 0 aromatic heterocycles. The first-order chi connectivity index (χ1) is 7.68. The first kappa shape index (κ1) is 10.9. The summed E-state index contributed by atoms with van der Waals surface area (Å²) >= 11 is 0. The lowest BCUT2D eigenvalue weighted by atomic mass is 10.1. The minimum Gasteiger partial charge on any atom is -0.369 e. The van der Waals surface area contributed by atoms with Crippen molar-refractivity contribution < 1.29 is 4.92 Å². The molecule has 1 aromatic rings. The first-order valence-corrected chi connectivity index (χ1v) is 5.39. The van der Waals surface area contributed by atoms with Crippen molar-refractivity contribution in [2.45, 2.75) is 6.92 Å². The molecule has 0 unspecified atom stereocenters. The molecule has 16 heavy (non-hydrogen) atoms. The second kappa shape index (κ2) is 4.49. The molecule has 86 valence electrons. The summed E-state index contributed by atoms with van der Waals surface area (Å²) in [6.07, 6.45) is 0. The number of anilines is 1. The maximum atomic E-state index is 10.7. The fourth-order valence-corrected chi connectivity index (χ4v) is 1.96. The third-order valence-electron chi connectivity index (χ3n) is 2.86. The Hall–Kier alpha value is -1.62. The van der Waals surface area contributed by atoms with Gasteiger partial charge in [0.1, 0.15) is 0 Å². The molecule has 0 bridgehead atoms. The van der Waals surface area contributed by atoms with Crippen LogP contribution in [0.3, 0.4) is 0 Å². The molecule has 1 aliphatic heterocycles. The average Bonchev–Trinajstić information content (AvgIpc) is 2.29. The Kier molecular flexibility index (Phi) is 3.05. The van der Waals surface area contributed by atoms with Crippen molar-refractivity contribution in [2.24, 2.45) is 0 Å². The predicted octanol–water partition coefficient (Wildman–Crippen LogP) is 1.31. The summed E-state index contributed by atoms with van der Waals surface area (Å²) in [5.41, 5.74) is 1.99. The molecule has 0 atom stereocenters. The Bertz CT molecular complexity index is 400. The molecular weight excluding hydrogens is 206 g/mol. The average molecular weight is 221 g/mol. The summed E-state index contributed by atoms with van der Waals surface area (Å²) in [4.78, 5) is 12.6. The van der Waals surface area contributed by atoms with Crippen LogP contribution in [0.1, 0.15) is 5.56 Å². The SMILES string of the molecule is Cc1cc(N2CCNCC2)ccc1[N+](=O)[O-]. The van der Waals surface area contributed by atoms with Crippen LogP contribution in [0.25, 0.3) is 0 Å². The lowest BCUT2D eigenvalue weighted by Crippen LogP contribution is -2.43. The number of aryl methyl sites for hydroxylation is 1. The van der Waals surface area contributed by atoms with Gasteiger partial charge >= 0.3 is 0 Å². The van der Waals surface area contributed by atoms with Gasteiger partial charge in [-0.2, -0.15) is 0 Å². The smallest absolute Gasteiger partial charge is 0.272 e. The van der Waals surface area contributed by atoms with Crippen molar-refractivity contribution in [1.29, 1.82) is 0 Å². The van der Waals surface area contributed by atoms with Gasteiger partial charge in [-0.25, -0.2) is 0 Å². The fourth-order valence-electron chi connectivity index (χ4n) is 1.96. The minimum absolute atomic E-state index is 0.193. The Balaban J connectivity index is 2.23. The zero-order valence-corrected chi connectivity index (χ0v) is 9.27. The summed E-state index contributed by atoms with van der Waals surface area (Å²) < 4.78 is 0. The van der Waals surface area contributed by atoms with E-state index in [2.05, 4.69) is 10.2 Å². The lowest BCUT2D eigenvalue weighted by Gasteiger charge is -2.29. The molecule has 1 heterocycles. The van der Waals surface area contributed by atoms with Gasteiger partial charge in [-0.05, 0) is 19.1 Å². The van der Waals surface area contributed by atoms with Gasteiger partial charge < -0.3 is 10.2 Å². The van der Waals surface area contributed by atoms with Crippen LogP contribution >= 0.6 is 0 Å². The number of nitrogens with zero attached hydrogens (tertiary/aromatic N) is 2. The van der Waals surface area contributed by atoms with Crippen molar-refractivity contribution in [3.05, 3.63) is 33.9 Å². The summed E-state index contributed by atoms with van der Waals surface area (Å²) in [6.45, 7) is 5.63. The molecule has 1 saturated heterocycles. The Labute approximate surface area is 94.2 Å². The highest BCUT2D eigenvalue weighted by molar-refractivity contribution is 5.55. The number of nitro groups is 1. The number of rotatable bonds is 2. The van der Waals surface area contributed by atoms with Crippen molar-refractivity contribution in [1.82, 2.24) is 5.32 Å². The first-order valence-electron chi connectivity index (χ1n) is 5.39. The topological polar surface area (TPSA) is 58.4 Å². The maximum absolute atomic E-state index is 10.7. The van der Waals surface area contributed by atoms with Gasteiger partial charge in [-0.15, -0.1) is 0 Å². The molecule has 1 aromatic carbocycles. The predicted molar refractivity (Wildman–Crippen MR) is 62.9 cm³/mol. The van der Waals surface area contributed by atoms with E-state index in [4.69, 9.17) is 0 Å². The van der Waals surface area contributed by atoms with Crippen LogP contribution in [0.4, 0.5) is 11.4 Å². The number of hydrogen-bond donors (Lipinski definition) is 1. The summed E-state index contributed by atoms with van der Waals surface area (Å²) in [7, 11) is 0. The number of nitro benzene ring substituents is 1. The number of piperazine rings is 1. The molecule has 0 aliphatic carbocycles. The van der Waals surface area contributed by atoms with Crippen LogP contribution in [0, 0.1) is 17.0 Å². The number of nitrogens with one attached hydrogen (secondary N) is 1. The van der Waals surface area contributed by atoms with Gasteiger partial charge in [0, 0.05) is 43.5 Å². The summed E-state index contributed by atoms with van der Waals surface area (Å²) in [5, 5.41) is 14.0. The van der Waals surface area contributed by atoms with Gasteiger partial charge in [0.25, 0.3) is 5.69 Å². The van der Waals surface area contributed by atoms with E-state index in [1.807, 2.05) is 12.1 Å². The van der Waals surface area contributed by atoms with E-state index >= 15 is 0 Å². The molecular formula is C11H15N3O2. The maximum Gasteiger partial charge on any atom is 0.272 e. The largest absolute Gasteiger partial charge is 0.369 e. The Morgan fingerprint density at radius 2 is 2.06 bits per heavy atom. The Morgan fingerprint density at radius 3 is 2.62 bits per heavy atom. The summed E-state index contributed by atoms with van der Waals surface area (Å²) in [6, 6.07) is 5.31. The molecule has 0 saturated carbocycles. The van der Waals surface area contributed by atoms with Crippen molar-refractivity contribution in [3.63, 3.8) is 0 Å². The highest BCUT2D eigenvalue weighted by Gasteiger charge is 2.14. The second-order valence-corrected chi connectivity index (χ2v) is 3.96. The van der Waals surface area contributed by atoms with Gasteiger partial charge in [0.05, 0.1) is 4.92 Å². The molecule has 0 amide bonds. The third kappa shape index (κ3) is 2.14. The zero-order valence-electron chi connectivity index (χ0n) is 9.27. The van der Waals surface area contributed by atoms with Crippen LogP contribution in [0.2, 0.25) is 0 Å². The van der Waals surface area contributed by atoms with E-state index < -0.39 is 0 Å². The molecule has 2 rings (SSSR count).